The molecular formula is C12H13N3O4. The van der Waals surface area contributed by atoms with Crippen LogP contribution in [0.3, 0.4) is 0 Å². The molecule has 0 saturated heterocycles. The van der Waals surface area contributed by atoms with Gasteiger partial charge in [0.05, 0.1) is 18.7 Å². The lowest BCUT2D eigenvalue weighted by Gasteiger charge is -2.06. The van der Waals surface area contributed by atoms with Crippen molar-refractivity contribution in [2.45, 2.75) is 12.5 Å². The molecular weight excluding hydrogens is 250 g/mol. The van der Waals surface area contributed by atoms with Crippen molar-refractivity contribution in [3.63, 3.8) is 0 Å². The van der Waals surface area contributed by atoms with Gasteiger partial charge in [-0.15, -0.1) is 0 Å². The normalized spacial score (nSPS) is 12.3. The number of imidazole rings is 1. The lowest BCUT2D eigenvalue weighted by atomic mass is 10.3. The van der Waals surface area contributed by atoms with E-state index in [1.807, 2.05) is 24.4 Å². The van der Waals surface area contributed by atoms with Gasteiger partial charge in [-0.1, -0.05) is 6.07 Å². The van der Waals surface area contributed by atoms with Gasteiger partial charge in [0.2, 0.25) is 5.91 Å². The molecule has 0 bridgehead atoms. The highest BCUT2D eigenvalue weighted by Crippen LogP contribution is 2.04. The van der Waals surface area contributed by atoms with Gasteiger partial charge >= 0.3 is 5.97 Å². The fourth-order valence-corrected chi connectivity index (χ4v) is 1.60. The molecule has 0 aliphatic heterocycles. The van der Waals surface area contributed by atoms with Gasteiger partial charge in [0.25, 0.3) is 0 Å². The minimum absolute atomic E-state index is 0.0357. The van der Waals surface area contributed by atoms with E-state index in [9.17, 15) is 9.59 Å². The Morgan fingerprint density at radius 2 is 2.21 bits per heavy atom. The van der Waals surface area contributed by atoms with E-state index in [0.29, 0.717) is 5.69 Å². The van der Waals surface area contributed by atoms with Gasteiger partial charge in [-0.25, -0.2) is 9.78 Å². The van der Waals surface area contributed by atoms with Crippen LogP contribution in [0.2, 0.25) is 0 Å². The number of hydrogen-bond donors (Lipinski definition) is 3. The van der Waals surface area contributed by atoms with E-state index in [1.165, 1.54) is 0 Å². The third-order valence-electron chi connectivity index (χ3n) is 2.53. The van der Waals surface area contributed by atoms with Gasteiger partial charge in [-0.05, 0) is 12.1 Å². The molecule has 2 aromatic heterocycles. The van der Waals surface area contributed by atoms with Crippen LogP contribution in [-0.4, -0.2) is 44.1 Å². The Balaban J connectivity index is 1.93. The largest absolute Gasteiger partial charge is 0.479 e. The number of nitrogens with zero attached hydrogens (tertiary/aromatic N) is 2. The molecule has 100 valence electrons. The van der Waals surface area contributed by atoms with Crippen molar-refractivity contribution in [1.29, 1.82) is 0 Å². The zero-order valence-corrected chi connectivity index (χ0v) is 9.98. The van der Waals surface area contributed by atoms with Crippen molar-refractivity contribution in [2.75, 3.05) is 6.54 Å². The minimum Gasteiger partial charge on any atom is -0.479 e. The quantitative estimate of drug-likeness (QED) is 0.670. The number of fused-ring (bicyclic) bond motifs is 1. The van der Waals surface area contributed by atoms with E-state index in [2.05, 4.69) is 10.3 Å². The number of carboxylic acids is 1. The highest BCUT2D eigenvalue weighted by molar-refractivity contribution is 5.79. The highest BCUT2D eigenvalue weighted by atomic mass is 16.4. The highest BCUT2D eigenvalue weighted by Gasteiger charge is 2.14. The van der Waals surface area contributed by atoms with Gasteiger partial charge < -0.3 is 19.9 Å². The summed E-state index contributed by atoms with van der Waals surface area (Å²) in [5, 5.41) is 19.8. The van der Waals surface area contributed by atoms with E-state index in [4.69, 9.17) is 10.2 Å². The van der Waals surface area contributed by atoms with E-state index in [-0.39, 0.29) is 18.9 Å². The van der Waals surface area contributed by atoms with Gasteiger partial charge in [0.1, 0.15) is 5.65 Å². The van der Waals surface area contributed by atoms with Crippen LogP contribution in [0.5, 0.6) is 0 Å². The zero-order valence-electron chi connectivity index (χ0n) is 9.98. The lowest BCUT2D eigenvalue weighted by molar-refractivity contribution is -0.146. The molecule has 0 aliphatic carbocycles. The van der Waals surface area contributed by atoms with Crippen LogP contribution in [0, 0.1) is 0 Å². The Labute approximate surface area is 108 Å². The first-order valence-corrected chi connectivity index (χ1v) is 5.66. The molecule has 2 heterocycles. The van der Waals surface area contributed by atoms with Crippen molar-refractivity contribution in [3.05, 3.63) is 36.3 Å². The molecule has 0 fully saturated rings. The van der Waals surface area contributed by atoms with E-state index < -0.39 is 12.1 Å². The first-order valence-electron chi connectivity index (χ1n) is 5.66. The molecule has 3 N–H and O–H groups in total. The second-order valence-corrected chi connectivity index (χ2v) is 4.03. The first kappa shape index (κ1) is 13.0. The second kappa shape index (κ2) is 5.49. The Bertz CT molecular complexity index is 575. The zero-order chi connectivity index (χ0) is 13.8. The molecule has 19 heavy (non-hydrogen) atoms. The maximum Gasteiger partial charge on any atom is 0.334 e. The van der Waals surface area contributed by atoms with Crippen molar-refractivity contribution in [3.8, 4) is 0 Å². The number of amides is 1. The van der Waals surface area contributed by atoms with Crippen molar-refractivity contribution < 1.29 is 19.8 Å². The summed E-state index contributed by atoms with van der Waals surface area (Å²) < 4.78 is 1.79. The Morgan fingerprint density at radius 1 is 1.42 bits per heavy atom. The molecule has 2 rings (SSSR count). The van der Waals surface area contributed by atoms with Crippen LogP contribution in [0.15, 0.2) is 30.6 Å². The number of pyridine rings is 1. The molecule has 0 aliphatic rings. The number of carbonyl (C=O) groups is 2. The molecule has 2 aromatic rings. The summed E-state index contributed by atoms with van der Waals surface area (Å²) >= 11 is 0. The smallest absolute Gasteiger partial charge is 0.334 e. The van der Waals surface area contributed by atoms with Crippen LogP contribution < -0.4 is 5.32 Å². The van der Waals surface area contributed by atoms with E-state index in [1.54, 1.807) is 10.6 Å². The average Bonchev–Trinajstić information content (AvgIpc) is 2.77. The summed E-state index contributed by atoms with van der Waals surface area (Å²) in [5.74, 6) is -1.75. The van der Waals surface area contributed by atoms with Crippen LogP contribution >= 0.6 is 0 Å². The number of carbonyl (C=O) groups excluding carboxylic acids is 1. The van der Waals surface area contributed by atoms with Gasteiger partial charge in [-0.2, -0.15) is 0 Å². The molecule has 0 aromatic carbocycles. The Morgan fingerprint density at radius 3 is 2.89 bits per heavy atom. The molecule has 1 amide bonds. The van der Waals surface area contributed by atoms with Crippen LogP contribution in [-0.2, 0) is 16.0 Å². The molecule has 0 spiro atoms. The number of aliphatic hydroxyl groups excluding tert-OH is 1. The van der Waals surface area contributed by atoms with Crippen LogP contribution in [0.4, 0.5) is 0 Å². The molecule has 0 unspecified atom stereocenters. The van der Waals surface area contributed by atoms with Gasteiger partial charge in [0.15, 0.2) is 6.10 Å². The van der Waals surface area contributed by atoms with E-state index in [0.717, 1.165) is 5.65 Å². The molecule has 7 nitrogen and oxygen atoms in total. The van der Waals surface area contributed by atoms with Crippen LogP contribution in [0.25, 0.3) is 5.65 Å². The predicted octanol–water partition coefficient (Wildman–Crippen LogP) is -0.562. The number of aromatic nitrogens is 2. The monoisotopic (exact) mass is 263 g/mol. The van der Waals surface area contributed by atoms with Gasteiger partial charge in [0, 0.05) is 12.4 Å². The van der Waals surface area contributed by atoms with Gasteiger partial charge in [-0.3, -0.25) is 4.79 Å². The summed E-state index contributed by atoms with van der Waals surface area (Å²) in [6, 6.07) is 5.51. The standard InChI is InChI=1S/C12H13N3O4/c16-9(12(18)19)6-13-11(17)5-8-7-15-4-2-1-3-10(15)14-8/h1-4,7,9,16H,5-6H2,(H,13,17)(H,18,19)/t9-/m0/s1. The number of aliphatic hydroxyl groups is 1. The first-order chi connectivity index (χ1) is 9.06. The van der Waals surface area contributed by atoms with Crippen molar-refractivity contribution in [1.82, 2.24) is 14.7 Å². The SMILES string of the molecule is O=C(Cc1cn2ccccc2n1)NC[C@H](O)C(=O)O. The molecule has 1 atom stereocenters. The topological polar surface area (TPSA) is 104 Å². The predicted molar refractivity (Wildman–Crippen MR) is 65.5 cm³/mol. The fraction of sp³-hybridized carbons (Fsp3) is 0.250. The second-order valence-electron chi connectivity index (χ2n) is 4.03. The maximum absolute atomic E-state index is 11.6. The van der Waals surface area contributed by atoms with Crippen LogP contribution in [0.1, 0.15) is 5.69 Å². The third kappa shape index (κ3) is 3.29. The molecule has 0 radical (unpaired) electrons. The lowest BCUT2D eigenvalue weighted by Crippen LogP contribution is -2.37. The Kier molecular flexibility index (Phi) is 3.76. The summed E-state index contributed by atoms with van der Waals surface area (Å²) in [6.07, 6.45) is 1.99. The number of nitrogens with one attached hydrogen (secondary N) is 1. The minimum atomic E-state index is -1.59. The molecule has 0 saturated carbocycles. The summed E-state index contributed by atoms with van der Waals surface area (Å²) in [4.78, 5) is 26.2. The van der Waals surface area contributed by atoms with Crippen molar-refractivity contribution >= 4 is 17.5 Å². The van der Waals surface area contributed by atoms with E-state index >= 15 is 0 Å². The Hall–Kier alpha value is -2.41. The molecule has 7 heteroatoms. The summed E-state index contributed by atoms with van der Waals surface area (Å²) in [7, 11) is 0. The fourth-order valence-electron chi connectivity index (χ4n) is 1.60. The number of rotatable bonds is 5. The summed E-state index contributed by atoms with van der Waals surface area (Å²) in [5.41, 5.74) is 1.31. The maximum atomic E-state index is 11.6. The number of aliphatic carboxylic acids is 1. The number of hydrogen-bond acceptors (Lipinski definition) is 4. The summed E-state index contributed by atoms with van der Waals surface area (Å²) in [6.45, 7) is -0.318. The third-order valence-corrected chi connectivity index (χ3v) is 2.53. The average molecular weight is 263 g/mol. The number of carboxylic acid groups (broad SMARTS) is 1. The van der Waals surface area contributed by atoms with Crippen molar-refractivity contribution in [2.24, 2.45) is 0 Å².